The number of aliphatic hydroxyl groups is 1. The fourth-order valence-electron chi connectivity index (χ4n) is 3.15. The van der Waals surface area contributed by atoms with Gasteiger partial charge in [-0.1, -0.05) is 19.9 Å². The Balaban J connectivity index is 2.14. The first-order valence-corrected chi connectivity index (χ1v) is 9.20. The van der Waals surface area contributed by atoms with Gasteiger partial charge >= 0.3 is 0 Å². The molecule has 2 rings (SSSR count). The second-order valence-electron chi connectivity index (χ2n) is 6.16. The van der Waals surface area contributed by atoms with Crippen molar-refractivity contribution in [2.75, 3.05) is 52.5 Å². The van der Waals surface area contributed by atoms with Crippen LogP contribution in [0.15, 0.2) is 18.2 Å². The predicted molar refractivity (Wildman–Crippen MR) is 96.9 cm³/mol. The summed E-state index contributed by atoms with van der Waals surface area (Å²) in [6, 6.07) is 6.08. The molecule has 0 aliphatic carbocycles. The second-order valence-corrected chi connectivity index (χ2v) is 6.16. The van der Waals surface area contributed by atoms with Crippen molar-refractivity contribution in [3.63, 3.8) is 0 Å². The predicted octanol–water partition coefficient (Wildman–Crippen LogP) is 2.55. The molecule has 1 aliphatic rings. The van der Waals surface area contributed by atoms with Crippen LogP contribution in [-0.4, -0.2) is 67.5 Å². The van der Waals surface area contributed by atoms with E-state index in [1.807, 2.05) is 19.1 Å². The molecule has 0 aromatic heterocycles. The van der Waals surface area contributed by atoms with Crippen molar-refractivity contribution in [1.82, 2.24) is 9.80 Å². The summed E-state index contributed by atoms with van der Waals surface area (Å²) >= 11 is 0. The average Bonchev–Trinajstić information content (AvgIpc) is 2.62. The molecular weight excluding hydrogens is 304 g/mol. The lowest BCUT2D eigenvalue weighted by Gasteiger charge is -2.38. The Morgan fingerprint density at radius 1 is 1.04 bits per heavy atom. The number of aliphatic hydroxyl groups excluding tert-OH is 1. The first-order chi connectivity index (χ1) is 11.7. The summed E-state index contributed by atoms with van der Waals surface area (Å²) in [5, 5.41) is 9.96. The van der Waals surface area contributed by atoms with Gasteiger partial charge in [0.25, 0.3) is 0 Å². The monoisotopic (exact) mass is 336 g/mol. The Labute approximate surface area is 146 Å². The fraction of sp³-hybridized carbons (Fsp3) is 0.684. The lowest BCUT2D eigenvalue weighted by molar-refractivity contribution is 0.0670. The largest absolute Gasteiger partial charge is 0.490 e. The Hall–Kier alpha value is -1.30. The summed E-state index contributed by atoms with van der Waals surface area (Å²) in [5.41, 5.74) is 1.09. The van der Waals surface area contributed by atoms with Gasteiger partial charge in [-0.15, -0.1) is 0 Å². The molecule has 1 aromatic carbocycles. The van der Waals surface area contributed by atoms with Crippen molar-refractivity contribution in [3.05, 3.63) is 23.8 Å². The van der Waals surface area contributed by atoms with E-state index >= 15 is 0 Å². The standard InChI is InChI=1S/C19H32N2O3/c1-4-13-24-18-8-7-16(14-19(18)23-6-3)17(15-22)21-11-9-20(5-2)10-12-21/h7-8,14,17,22H,4-6,9-13,15H2,1-3H3. The molecule has 24 heavy (non-hydrogen) atoms. The van der Waals surface area contributed by atoms with Crippen molar-refractivity contribution in [3.8, 4) is 11.5 Å². The van der Waals surface area contributed by atoms with E-state index in [1.165, 1.54) is 0 Å². The summed E-state index contributed by atoms with van der Waals surface area (Å²) in [6.07, 6.45) is 0.967. The third kappa shape index (κ3) is 4.85. The fourth-order valence-corrected chi connectivity index (χ4v) is 3.15. The van der Waals surface area contributed by atoms with Gasteiger partial charge in [-0.2, -0.15) is 0 Å². The molecule has 0 radical (unpaired) electrons. The van der Waals surface area contributed by atoms with Gasteiger partial charge in [-0.25, -0.2) is 0 Å². The molecule has 0 amide bonds. The highest BCUT2D eigenvalue weighted by molar-refractivity contribution is 5.44. The number of benzene rings is 1. The van der Waals surface area contributed by atoms with Crippen molar-refractivity contribution >= 4 is 0 Å². The van der Waals surface area contributed by atoms with Crippen molar-refractivity contribution in [2.45, 2.75) is 33.2 Å². The maximum atomic E-state index is 9.96. The minimum Gasteiger partial charge on any atom is -0.490 e. The molecule has 0 bridgehead atoms. The zero-order chi connectivity index (χ0) is 17.4. The molecule has 0 saturated carbocycles. The van der Waals surface area contributed by atoms with Crippen molar-refractivity contribution in [2.24, 2.45) is 0 Å². The Morgan fingerprint density at radius 3 is 2.38 bits per heavy atom. The van der Waals surface area contributed by atoms with Gasteiger partial charge in [0.2, 0.25) is 0 Å². The van der Waals surface area contributed by atoms with Gasteiger partial charge in [0, 0.05) is 26.2 Å². The molecule has 0 spiro atoms. The van der Waals surface area contributed by atoms with Gasteiger partial charge in [0.1, 0.15) is 0 Å². The average molecular weight is 336 g/mol. The highest BCUT2D eigenvalue weighted by Crippen LogP contribution is 2.33. The normalized spacial score (nSPS) is 17.7. The molecule has 5 heteroatoms. The van der Waals surface area contributed by atoms with Gasteiger partial charge in [0.05, 0.1) is 25.9 Å². The van der Waals surface area contributed by atoms with E-state index < -0.39 is 0 Å². The lowest BCUT2D eigenvalue weighted by Crippen LogP contribution is -2.48. The number of likely N-dealkylation sites (N-methyl/N-ethyl adjacent to an activating group) is 1. The van der Waals surface area contributed by atoms with Crippen LogP contribution >= 0.6 is 0 Å². The minimum absolute atomic E-state index is 0.0171. The molecular formula is C19H32N2O3. The van der Waals surface area contributed by atoms with E-state index in [0.717, 1.165) is 56.2 Å². The molecule has 1 saturated heterocycles. The summed E-state index contributed by atoms with van der Waals surface area (Å²) < 4.78 is 11.5. The summed E-state index contributed by atoms with van der Waals surface area (Å²) in [6.45, 7) is 12.8. The van der Waals surface area contributed by atoms with Crippen LogP contribution < -0.4 is 9.47 Å². The van der Waals surface area contributed by atoms with Gasteiger partial charge < -0.3 is 19.5 Å². The first-order valence-electron chi connectivity index (χ1n) is 9.20. The van der Waals surface area contributed by atoms with Crippen LogP contribution in [0.5, 0.6) is 11.5 Å². The van der Waals surface area contributed by atoms with Crippen LogP contribution in [0, 0.1) is 0 Å². The minimum atomic E-state index is 0.0171. The molecule has 1 heterocycles. The van der Waals surface area contributed by atoms with Gasteiger partial charge in [0.15, 0.2) is 11.5 Å². The van der Waals surface area contributed by atoms with Crippen molar-refractivity contribution in [1.29, 1.82) is 0 Å². The van der Waals surface area contributed by atoms with E-state index in [0.29, 0.717) is 13.2 Å². The molecule has 1 N–H and O–H groups in total. The smallest absolute Gasteiger partial charge is 0.161 e. The van der Waals surface area contributed by atoms with Crippen LogP contribution in [0.25, 0.3) is 0 Å². The van der Waals surface area contributed by atoms with E-state index in [4.69, 9.17) is 9.47 Å². The van der Waals surface area contributed by atoms with Gasteiger partial charge in [-0.05, 0) is 37.6 Å². The van der Waals surface area contributed by atoms with Gasteiger partial charge in [-0.3, -0.25) is 4.90 Å². The van der Waals surface area contributed by atoms with E-state index in [9.17, 15) is 5.11 Å². The highest BCUT2D eigenvalue weighted by Gasteiger charge is 2.25. The van der Waals surface area contributed by atoms with Crippen LogP contribution in [0.3, 0.4) is 0 Å². The second kappa shape index (κ2) is 9.87. The Bertz CT molecular complexity index is 488. The quantitative estimate of drug-likeness (QED) is 0.751. The topological polar surface area (TPSA) is 45.2 Å². The Morgan fingerprint density at radius 2 is 1.79 bits per heavy atom. The van der Waals surface area contributed by atoms with Crippen LogP contribution in [-0.2, 0) is 0 Å². The van der Waals surface area contributed by atoms with Crippen LogP contribution in [0.2, 0.25) is 0 Å². The van der Waals surface area contributed by atoms with E-state index in [1.54, 1.807) is 0 Å². The SMILES string of the molecule is CCCOc1ccc(C(CO)N2CCN(CC)CC2)cc1OCC. The first kappa shape index (κ1) is 19.0. The van der Waals surface area contributed by atoms with Crippen LogP contribution in [0.1, 0.15) is 38.8 Å². The number of hydrogen-bond acceptors (Lipinski definition) is 5. The maximum absolute atomic E-state index is 9.96. The third-order valence-electron chi connectivity index (χ3n) is 4.58. The summed E-state index contributed by atoms with van der Waals surface area (Å²) in [4.78, 5) is 4.81. The van der Waals surface area contributed by atoms with Crippen LogP contribution in [0.4, 0.5) is 0 Å². The number of hydrogen-bond donors (Lipinski definition) is 1. The highest BCUT2D eigenvalue weighted by atomic mass is 16.5. The molecule has 1 aromatic rings. The lowest BCUT2D eigenvalue weighted by atomic mass is 10.0. The number of piperazine rings is 1. The third-order valence-corrected chi connectivity index (χ3v) is 4.58. The molecule has 1 unspecified atom stereocenters. The summed E-state index contributed by atoms with van der Waals surface area (Å²) in [7, 11) is 0. The van der Waals surface area contributed by atoms with E-state index in [2.05, 4.69) is 29.7 Å². The number of ether oxygens (including phenoxy) is 2. The molecule has 1 atom stereocenters. The van der Waals surface area contributed by atoms with Crippen molar-refractivity contribution < 1.29 is 14.6 Å². The zero-order valence-corrected chi connectivity index (χ0v) is 15.3. The van der Waals surface area contributed by atoms with E-state index in [-0.39, 0.29) is 12.6 Å². The summed E-state index contributed by atoms with van der Waals surface area (Å²) in [5.74, 6) is 1.56. The molecule has 1 aliphatic heterocycles. The molecule has 1 fully saturated rings. The number of rotatable bonds is 9. The molecule has 136 valence electrons. The maximum Gasteiger partial charge on any atom is 0.161 e. The number of nitrogens with zero attached hydrogens (tertiary/aromatic N) is 2. The molecule has 5 nitrogen and oxygen atoms in total. The zero-order valence-electron chi connectivity index (χ0n) is 15.3. The Kier molecular flexibility index (Phi) is 7.82.